The molecule has 3 unspecified atom stereocenters. The number of likely N-dealkylation sites (N-methyl/N-ethyl adjacent to an activating group) is 1. The fourth-order valence-electron chi connectivity index (χ4n) is 10.0. The molecule has 3 atom stereocenters. The van der Waals surface area contributed by atoms with Gasteiger partial charge >= 0.3 is 0 Å². The van der Waals surface area contributed by atoms with E-state index < -0.39 is 20.0 Å². The van der Waals surface area contributed by atoms with Crippen LogP contribution in [0.5, 0.6) is 0 Å². The number of hydrogen-bond donors (Lipinski definition) is 2. The fourth-order valence-corrected chi connectivity index (χ4v) is 10.8. The van der Waals surface area contributed by atoms with Crippen LogP contribution in [0.2, 0.25) is 0 Å². The maximum atomic E-state index is 13.0. The van der Waals surface area contributed by atoms with Gasteiger partial charge in [0, 0.05) is 6.42 Å². The number of amides is 1. The number of aliphatic hydroxyl groups is 1. The number of nitrogens with one attached hydrogen (secondary N) is 1. The summed E-state index contributed by atoms with van der Waals surface area (Å²) in [6.45, 7) is 4.70. The standard InChI is InChI=1S/C65H129N2O6P/c1-6-8-10-12-14-16-18-20-22-24-26-28-29-30-31-32-33-34-35-36-37-39-40-42-44-46-48-50-52-54-56-58-64(68)63(62-73-74(70,71)72-61-60-67(3,4)5)66-65(69)59-57-55-53-51-49-47-45-43-41-38-27-25-23-21-19-17-15-13-11-9-7-2/h25,27,56,58,63-64,68H,6-24,26,28-55,57,59-62H2,1-5H3,(H-,66,69,70,71)/b27-25-,58-56+. The van der Waals surface area contributed by atoms with Gasteiger partial charge in [0.15, 0.2) is 0 Å². The highest BCUT2D eigenvalue weighted by molar-refractivity contribution is 7.45. The Balaban J connectivity index is 4.08. The van der Waals surface area contributed by atoms with E-state index in [4.69, 9.17) is 9.05 Å². The SMILES string of the molecule is CCCCCCCCCC/C=C\CCCCCCCCCCCC(=O)NC(COP(=O)([O-])OCC[N+](C)(C)C)C(O)/C=C/CCCCCCCCCCCCCCCCCCCCCCCCCCCCCCC. The second-order valence-corrected chi connectivity index (χ2v) is 25.2. The van der Waals surface area contributed by atoms with Crippen LogP contribution in [0.4, 0.5) is 0 Å². The number of aliphatic hydroxyl groups excluding tert-OH is 1. The molecule has 0 spiro atoms. The van der Waals surface area contributed by atoms with Crippen molar-refractivity contribution < 1.29 is 32.9 Å². The first-order valence-electron chi connectivity index (χ1n) is 32.7. The number of carbonyl (C=O) groups excluding carboxylic acids is 1. The zero-order valence-corrected chi connectivity index (χ0v) is 51.2. The van der Waals surface area contributed by atoms with E-state index in [9.17, 15) is 19.4 Å². The van der Waals surface area contributed by atoms with E-state index in [1.807, 2.05) is 27.2 Å². The molecule has 0 radical (unpaired) electrons. The largest absolute Gasteiger partial charge is 0.756 e. The average molecular weight is 1070 g/mol. The molecule has 8 nitrogen and oxygen atoms in total. The lowest BCUT2D eigenvalue weighted by Crippen LogP contribution is -2.45. The van der Waals surface area contributed by atoms with Gasteiger partial charge in [0.1, 0.15) is 13.2 Å². The van der Waals surface area contributed by atoms with Gasteiger partial charge in [-0.05, 0) is 44.9 Å². The molecule has 2 N–H and O–H groups in total. The maximum absolute atomic E-state index is 13.0. The number of phosphoric acid groups is 1. The Bertz CT molecular complexity index is 1260. The van der Waals surface area contributed by atoms with Crippen molar-refractivity contribution in [2.45, 2.75) is 347 Å². The molecular weight excluding hydrogens is 936 g/mol. The summed E-state index contributed by atoms with van der Waals surface area (Å²) in [5, 5.41) is 13.9. The monoisotopic (exact) mass is 1060 g/mol. The Hall–Kier alpha value is -1.02. The molecule has 0 saturated carbocycles. The van der Waals surface area contributed by atoms with Crippen LogP contribution in [0.1, 0.15) is 335 Å². The van der Waals surface area contributed by atoms with Crippen LogP contribution in [0.15, 0.2) is 24.3 Å². The topological polar surface area (TPSA) is 108 Å². The minimum absolute atomic E-state index is 0.000514. The summed E-state index contributed by atoms with van der Waals surface area (Å²) in [7, 11) is 1.27. The van der Waals surface area contributed by atoms with Crippen molar-refractivity contribution in [3.05, 3.63) is 24.3 Å². The van der Waals surface area contributed by atoms with Crippen molar-refractivity contribution >= 4 is 13.7 Å². The second kappa shape index (κ2) is 56.7. The predicted octanol–water partition coefficient (Wildman–Crippen LogP) is 19.7. The zero-order chi connectivity index (χ0) is 54.2. The van der Waals surface area contributed by atoms with E-state index in [0.717, 1.165) is 38.5 Å². The fraction of sp³-hybridized carbons (Fsp3) is 0.923. The van der Waals surface area contributed by atoms with Gasteiger partial charge in [0.05, 0.1) is 39.9 Å². The molecule has 440 valence electrons. The third-order valence-electron chi connectivity index (χ3n) is 15.2. The zero-order valence-electron chi connectivity index (χ0n) is 50.3. The van der Waals surface area contributed by atoms with Gasteiger partial charge < -0.3 is 28.8 Å². The second-order valence-electron chi connectivity index (χ2n) is 23.8. The minimum atomic E-state index is -4.60. The molecule has 0 fully saturated rings. The number of carbonyl (C=O) groups is 1. The van der Waals surface area contributed by atoms with Gasteiger partial charge in [-0.15, -0.1) is 0 Å². The highest BCUT2D eigenvalue weighted by Gasteiger charge is 2.23. The minimum Gasteiger partial charge on any atom is -0.756 e. The Morgan fingerprint density at radius 3 is 1.05 bits per heavy atom. The number of nitrogens with zero attached hydrogens (tertiary/aromatic N) is 1. The first-order valence-corrected chi connectivity index (χ1v) is 34.2. The molecule has 0 aliphatic rings. The van der Waals surface area contributed by atoms with Crippen LogP contribution < -0.4 is 10.2 Å². The van der Waals surface area contributed by atoms with Crippen molar-refractivity contribution in [1.82, 2.24) is 5.32 Å². The van der Waals surface area contributed by atoms with Crippen LogP contribution in [0.3, 0.4) is 0 Å². The lowest BCUT2D eigenvalue weighted by atomic mass is 10.0. The molecule has 0 heterocycles. The summed E-state index contributed by atoms with van der Waals surface area (Å²) >= 11 is 0. The molecule has 0 bridgehead atoms. The first-order chi connectivity index (χ1) is 36.0. The number of phosphoric ester groups is 1. The molecule has 0 aliphatic carbocycles. The van der Waals surface area contributed by atoms with Crippen molar-refractivity contribution in [3.63, 3.8) is 0 Å². The summed E-state index contributed by atoms with van der Waals surface area (Å²) in [6, 6.07) is -0.887. The van der Waals surface area contributed by atoms with Crippen molar-refractivity contribution in [1.29, 1.82) is 0 Å². The lowest BCUT2D eigenvalue weighted by molar-refractivity contribution is -0.870. The summed E-state index contributed by atoms with van der Waals surface area (Å²) in [4.78, 5) is 25.6. The molecule has 0 saturated heterocycles. The van der Waals surface area contributed by atoms with Gasteiger partial charge in [0.25, 0.3) is 7.82 Å². The maximum Gasteiger partial charge on any atom is 0.268 e. The van der Waals surface area contributed by atoms with Crippen LogP contribution >= 0.6 is 7.82 Å². The van der Waals surface area contributed by atoms with Gasteiger partial charge in [-0.1, -0.05) is 308 Å². The van der Waals surface area contributed by atoms with Gasteiger partial charge in [-0.3, -0.25) is 9.36 Å². The van der Waals surface area contributed by atoms with E-state index >= 15 is 0 Å². The number of hydrogen-bond acceptors (Lipinski definition) is 6. The molecule has 0 aromatic heterocycles. The number of quaternary nitrogens is 1. The molecule has 1 amide bonds. The first kappa shape index (κ1) is 73.0. The Morgan fingerprint density at radius 2 is 0.743 bits per heavy atom. The Labute approximate surface area is 462 Å². The molecule has 0 aromatic carbocycles. The number of allylic oxidation sites excluding steroid dienone is 3. The van der Waals surface area contributed by atoms with Gasteiger partial charge in [-0.25, -0.2) is 0 Å². The summed E-state index contributed by atoms with van der Waals surface area (Å²) in [5.41, 5.74) is 0. The molecular formula is C65H129N2O6P. The smallest absolute Gasteiger partial charge is 0.268 e. The molecule has 9 heteroatoms. The molecule has 0 rings (SSSR count). The van der Waals surface area contributed by atoms with Gasteiger partial charge in [0.2, 0.25) is 5.91 Å². The summed E-state index contributed by atoms with van der Waals surface area (Å²) in [5.74, 6) is -0.194. The van der Waals surface area contributed by atoms with Crippen LogP contribution in [-0.2, 0) is 18.4 Å². The predicted molar refractivity (Wildman–Crippen MR) is 321 cm³/mol. The van der Waals surface area contributed by atoms with E-state index in [0.29, 0.717) is 17.4 Å². The van der Waals surface area contributed by atoms with Crippen molar-refractivity contribution in [2.24, 2.45) is 0 Å². The van der Waals surface area contributed by atoms with Crippen LogP contribution in [0, 0.1) is 0 Å². The van der Waals surface area contributed by atoms with Gasteiger partial charge in [-0.2, -0.15) is 0 Å². The van der Waals surface area contributed by atoms with Crippen LogP contribution in [0.25, 0.3) is 0 Å². The van der Waals surface area contributed by atoms with E-state index in [1.165, 1.54) is 276 Å². The molecule has 0 aromatic rings. The average Bonchev–Trinajstić information content (AvgIpc) is 3.36. The Morgan fingerprint density at radius 1 is 0.459 bits per heavy atom. The lowest BCUT2D eigenvalue weighted by Gasteiger charge is -2.29. The van der Waals surface area contributed by atoms with E-state index in [-0.39, 0.29) is 19.1 Å². The molecule has 0 aliphatic heterocycles. The molecule has 74 heavy (non-hydrogen) atoms. The highest BCUT2D eigenvalue weighted by atomic mass is 31.2. The summed E-state index contributed by atoms with van der Waals surface area (Å²) < 4.78 is 23.4. The quantitative estimate of drug-likeness (QED) is 0.0272. The third kappa shape index (κ3) is 58.7. The van der Waals surface area contributed by atoms with Crippen LogP contribution in [-0.4, -0.2) is 68.5 Å². The highest BCUT2D eigenvalue weighted by Crippen LogP contribution is 2.38. The normalized spacial score (nSPS) is 13.9. The summed E-state index contributed by atoms with van der Waals surface area (Å²) in [6.07, 6.45) is 72.8. The van der Waals surface area contributed by atoms with Crippen molar-refractivity contribution in [3.8, 4) is 0 Å². The third-order valence-corrected chi connectivity index (χ3v) is 16.1. The number of rotatable bonds is 61. The van der Waals surface area contributed by atoms with Crippen molar-refractivity contribution in [2.75, 3.05) is 40.9 Å². The Kier molecular flexibility index (Phi) is 55.9. The number of unbranched alkanes of at least 4 members (excludes halogenated alkanes) is 46. The van der Waals surface area contributed by atoms with E-state index in [2.05, 4.69) is 31.3 Å². The van der Waals surface area contributed by atoms with E-state index in [1.54, 1.807) is 6.08 Å².